The normalized spacial score (nSPS) is 16.9. The summed E-state index contributed by atoms with van der Waals surface area (Å²) in [5.41, 5.74) is -1.32. The number of halogens is 4. The van der Waals surface area contributed by atoms with Gasteiger partial charge in [-0.3, -0.25) is 4.79 Å². The Morgan fingerprint density at radius 2 is 1.67 bits per heavy atom. The standard InChI is InChI=1S/C23H25F4NO2/c1-21(2,16-5-3-7-18(13-16)23(25,26)27)15-28-20(29)22(9-11-30-12-10-22)17-6-4-8-19(24)14-17/h3-8,13-14H,9-12,15H2,1-2H3,(H,28,29). The number of rotatable bonds is 5. The number of benzene rings is 2. The van der Waals surface area contributed by atoms with Gasteiger partial charge in [0.1, 0.15) is 5.82 Å². The summed E-state index contributed by atoms with van der Waals surface area (Å²) in [6.07, 6.45) is -3.61. The smallest absolute Gasteiger partial charge is 0.381 e. The van der Waals surface area contributed by atoms with Gasteiger partial charge in [-0.25, -0.2) is 4.39 Å². The highest BCUT2D eigenvalue weighted by Crippen LogP contribution is 2.36. The van der Waals surface area contributed by atoms with E-state index >= 15 is 0 Å². The first-order chi connectivity index (χ1) is 14.0. The molecule has 162 valence electrons. The minimum absolute atomic E-state index is 0.144. The first-order valence-corrected chi connectivity index (χ1v) is 9.84. The van der Waals surface area contributed by atoms with Crippen molar-refractivity contribution in [1.29, 1.82) is 0 Å². The summed E-state index contributed by atoms with van der Waals surface area (Å²) in [6.45, 7) is 4.45. The van der Waals surface area contributed by atoms with Crippen LogP contribution in [0.1, 0.15) is 43.4 Å². The van der Waals surface area contributed by atoms with Crippen molar-refractivity contribution >= 4 is 5.91 Å². The van der Waals surface area contributed by atoms with Gasteiger partial charge in [-0.2, -0.15) is 13.2 Å². The maximum Gasteiger partial charge on any atom is 0.416 e. The van der Waals surface area contributed by atoms with Crippen LogP contribution in [0.5, 0.6) is 0 Å². The summed E-state index contributed by atoms with van der Waals surface area (Å²) < 4.78 is 58.5. The Labute approximate surface area is 173 Å². The fourth-order valence-corrected chi connectivity index (χ4v) is 3.84. The fourth-order valence-electron chi connectivity index (χ4n) is 3.84. The van der Waals surface area contributed by atoms with Gasteiger partial charge in [-0.1, -0.05) is 44.2 Å². The van der Waals surface area contributed by atoms with Crippen LogP contribution in [0.25, 0.3) is 0 Å². The molecule has 2 aromatic carbocycles. The monoisotopic (exact) mass is 423 g/mol. The van der Waals surface area contributed by atoms with Crippen molar-refractivity contribution in [2.24, 2.45) is 0 Å². The third kappa shape index (κ3) is 4.67. The first-order valence-electron chi connectivity index (χ1n) is 9.84. The lowest BCUT2D eigenvalue weighted by atomic mass is 9.73. The van der Waals surface area contributed by atoms with E-state index in [9.17, 15) is 22.4 Å². The molecule has 3 rings (SSSR count). The fraction of sp³-hybridized carbons (Fsp3) is 0.435. The van der Waals surface area contributed by atoms with E-state index in [0.29, 0.717) is 37.2 Å². The largest absolute Gasteiger partial charge is 0.416 e. The van der Waals surface area contributed by atoms with Crippen LogP contribution in [-0.2, 0) is 26.5 Å². The number of ether oxygens (including phenoxy) is 1. The van der Waals surface area contributed by atoms with E-state index in [1.54, 1.807) is 32.0 Å². The summed E-state index contributed by atoms with van der Waals surface area (Å²) in [6, 6.07) is 11.1. The Hall–Kier alpha value is -2.41. The van der Waals surface area contributed by atoms with Crippen molar-refractivity contribution in [3.63, 3.8) is 0 Å². The minimum atomic E-state index is -4.43. The lowest BCUT2D eigenvalue weighted by Crippen LogP contribution is -2.50. The molecule has 3 nitrogen and oxygen atoms in total. The quantitative estimate of drug-likeness (QED) is 0.689. The van der Waals surface area contributed by atoms with Crippen molar-refractivity contribution in [2.75, 3.05) is 19.8 Å². The topological polar surface area (TPSA) is 38.3 Å². The molecule has 0 atom stereocenters. The van der Waals surface area contributed by atoms with E-state index < -0.39 is 28.4 Å². The van der Waals surface area contributed by atoms with E-state index in [1.807, 2.05) is 0 Å². The molecule has 0 unspecified atom stereocenters. The van der Waals surface area contributed by atoms with Gasteiger partial charge in [-0.05, 0) is 42.2 Å². The third-order valence-corrected chi connectivity index (χ3v) is 5.82. The number of carbonyl (C=O) groups is 1. The highest BCUT2D eigenvalue weighted by atomic mass is 19.4. The molecule has 1 saturated heterocycles. The van der Waals surface area contributed by atoms with Crippen molar-refractivity contribution in [3.8, 4) is 0 Å². The van der Waals surface area contributed by atoms with Crippen LogP contribution < -0.4 is 5.32 Å². The second-order valence-electron chi connectivity index (χ2n) is 8.35. The molecule has 2 aromatic rings. The highest BCUT2D eigenvalue weighted by Gasteiger charge is 2.42. The summed E-state index contributed by atoms with van der Waals surface area (Å²) in [5, 5.41) is 2.91. The van der Waals surface area contributed by atoms with Crippen LogP contribution in [0, 0.1) is 5.82 Å². The SMILES string of the molecule is CC(C)(CNC(=O)C1(c2cccc(F)c2)CCOCC1)c1cccc(C(F)(F)F)c1. The number of hydrogen-bond donors (Lipinski definition) is 1. The molecular formula is C23H25F4NO2. The Morgan fingerprint density at radius 3 is 2.30 bits per heavy atom. The van der Waals surface area contributed by atoms with E-state index in [-0.39, 0.29) is 12.5 Å². The molecule has 1 N–H and O–H groups in total. The number of nitrogens with one attached hydrogen (secondary N) is 1. The van der Waals surface area contributed by atoms with Gasteiger partial charge in [0.15, 0.2) is 0 Å². The molecule has 0 radical (unpaired) electrons. The molecule has 0 spiro atoms. The number of alkyl halides is 3. The van der Waals surface area contributed by atoms with Gasteiger partial charge in [0.05, 0.1) is 11.0 Å². The first kappa shape index (κ1) is 22.3. The molecular weight excluding hydrogens is 398 g/mol. The Morgan fingerprint density at radius 1 is 1.03 bits per heavy atom. The highest BCUT2D eigenvalue weighted by molar-refractivity contribution is 5.88. The second kappa shape index (κ2) is 8.38. The molecule has 0 aliphatic carbocycles. The predicted octanol–water partition coefficient (Wildman–Crippen LogP) is 4.99. The summed E-state index contributed by atoms with van der Waals surface area (Å²) in [7, 11) is 0. The lowest BCUT2D eigenvalue weighted by molar-refractivity contribution is -0.137. The molecule has 0 saturated carbocycles. The molecule has 1 fully saturated rings. The van der Waals surface area contributed by atoms with E-state index in [2.05, 4.69) is 5.32 Å². The molecule has 1 aliphatic rings. The molecule has 1 amide bonds. The van der Waals surface area contributed by atoms with E-state index in [4.69, 9.17) is 4.74 Å². The van der Waals surface area contributed by atoms with E-state index in [1.165, 1.54) is 18.2 Å². The van der Waals surface area contributed by atoms with Gasteiger partial charge >= 0.3 is 6.18 Å². The zero-order chi connectivity index (χ0) is 22.0. The molecule has 0 bridgehead atoms. The van der Waals surface area contributed by atoms with Crippen LogP contribution in [0.15, 0.2) is 48.5 Å². The minimum Gasteiger partial charge on any atom is -0.381 e. The average Bonchev–Trinajstić information content (AvgIpc) is 2.72. The average molecular weight is 423 g/mol. The van der Waals surface area contributed by atoms with Crippen LogP contribution in [0.2, 0.25) is 0 Å². The van der Waals surface area contributed by atoms with Crippen LogP contribution >= 0.6 is 0 Å². The second-order valence-corrected chi connectivity index (χ2v) is 8.35. The van der Waals surface area contributed by atoms with Crippen LogP contribution in [0.3, 0.4) is 0 Å². The van der Waals surface area contributed by atoms with E-state index in [0.717, 1.165) is 12.1 Å². The molecule has 0 aromatic heterocycles. The number of carbonyl (C=O) groups excluding carboxylic acids is 1. The maximum atomic E-state index is 13.8. The van der Waals surface area contributed by atoms with Gasteiger partial charge in [-0.15, -0.1) is 0 Å². The van der Waals surface area contributed by atoms with Crippen LogP contribution in [-0.4, -0.2) is 25.7 Å². The Kier molecular flexibility index (Phi) is 6.22. The maximum absolute atomic E-state index is 13.8. The van der Waals surface area contributed by atoms with Crippen LogP contribution in [0.4, 0.5) is 17.6 Å². The van der Waals surface area contributed by atoms with Crippen molar-refractivity contribution in [2.45, 2.75) is 43.7 Å². The van der Waals surface area contributed by atoms with Crippen molar-refractivity contribution < 1.29 is 27.1 Å². The predicted molar refractivity (Wildman–Crippen MR) is 106 cm³/mol. The van der Waals surface area contributed by atoms with Gasteiger partial charge in [0.25, 0.3) is 0 Å². The molecule has 7 heteroatoms. The van der Waals surface area contributed by atoms with Crippen molar-refractivity contribution in [3.05, 3.63) is 71.0 Å². The molecule has 30 heavy (non-hydrogen) atoms. The summed E-state index contributed by atoms with van der Waals surface area (Å²) in [5.74, 6) is -0.688. The van der Waals surface area contributed by atoms with Gasteiger partial charge < -0.3 is 10.1 Å². The summed E-state index contributed by atoms with van der Waals surface area (Å²) >= 11 is 0. The van der Waals surface area contributed by atoms with Gasteiger partial charge in [0.2, 0.25) is 5.91 Å². The third-order valence-electron chi connectivity index (χ3n) is 5.82. The Balaban J connectivity index is 1.81. The van der Waals surface area contributed by atoms with Gasteiger partial charge in [0, 0.05) is 25.2 Å². The lowest BCUT2D eigenvalue weighted by Gasteiger charge is -2.37. The molecule has 1 aliphatic heterocycles. The zero-order valence-corrected chi connectivity index (χ0v) is 17.0. The number of amides is 1. The number of hydrogen-bond acceptors (Lipinski definition) is 2. The molecule has 1 heterocycles. The van der Waals surface area contributed by atoms with Crippen molar-refractivity contribution in [1.82, 2.24) is 5.32 Å². The zero-order valence-electron chi connectivity index (χ0n) is 17.0. The Bertz CT molecular complexity index is 902. The summed E-state index contributed by atoms with van der Waals surface area (Å²) in [4.78, 5) is 13.3.